The number of nitrogens with zero attached hydrogens (tertiary/aromatic N) is 1. The summed E-state index contributed by atoms with van der Waals surface area (Å²) in [7, 11) is 2.05. The third kappa shape index (κ3) is 4.64. The number of aromatic nitrogens is 1. The van der Waals surface area contributed by atoms with Crippen LogP contribution in [0.1, 0.15) is 34.5 Å². The molecule has 36 heavy (non-hydrogen) atoms. The molecule has 0 aliphatic carbocycles. The van der Waals surface area contributed by atoms with Crippen LogP contribution in [0, 0.1) is 0 Å². The van der Waals surface area contributed by atoms with E-state index in [0.717, 1.165) is 32.9 Å². The van der Waals surface area contributed by atoms with Crippen molar-refractivity contribution in [3.63, 3.8) is 0 Å². The topological polar surface area (TPSA) is 63.1 Å². The average molecular weight is 474 g/mol. The Morgan fingerprint density at radius 2 is 1.42 bits per heavy atom. The maximum atomic E-state index is 13.4. The molecule has 0 aliphatic heterocycles. The number of nitrogens with one attached hydrogen (secondary N) is 2. The Morgan fingerprint density at radius 1 is 0.778 bits per heavy atom. The molecule has 0 bridgehead atoms. The molecule has 0 aliphatic rings. The number of carbonyl (C=O) groups excluding carboxylic acids is 2. The molecule has 0 radical (unpaired) electrons. The van der Waals surface area contributed by atoms with Crippen LogP contribution in [0.5, 0.6) is 0 Å². The van der Waals surface area contributed by atoms with Gasteiger partial charge in [0, 0.05) is 34.4 Å². The number of fused-ring (bicyclic) bond motifs is 3. The minimum absolute atomic E-state index is 0.186. The zero-order valence-corrected chi connectivity index (χ0v) is 20.2. The Morgan fingerprint density at radius 3 is 2.17 bits per heavy atom. The van der Waals surface area contributed by atoms with Crippen LogP contribution in [0.3, 0.4) is 0 Å². The first kappa shape index (κ1) is 23.1. The van der Waals surface area contributed by atoms with Crippen LogP contribution in [0.4, 0.5) is 0 Å². The largest absolute Gasteiger partial charge is 0.344 e. The van der Waals surface area contributed by atoms with Crippen molar-refractivity contribution in [2.45, 2.75) is 13.0 Å². The normalized spacial score (nSPS) is 12.4. The third-order valence-electron chi connectivity index (χ3n) is 6.42. The van der Waals surface area contributed by atoms with Crippen molar-refractivity contribution < 1.29 is 9.59 Å². The molecule has 0 spiro atoms. The molecule has 0 fully saturated rings. The van der Waals surface area contributed by atoms with Crippen molar-refractivity contribution in [3.05, 3.63) is 126 Å². The summed E-state index contributed by atoms with van der Waals surface area (Å²) in [6.45, 7) is 1.92. The van der Waals surface area contributed by atoms with Crippen molar-refractivity contribution in [2.24, 2.45) is 7.05 Å². The van der Waals surface area contributed by atoms with E-state index in [1.165, 1.54) is 0 Å². The van der Waals surface area contributed by atoms with Crippen LogP contribution in [0.2, 0.25) is 0 Å². The summed E-state index contributed by atoms with van der Waals surface area (Å²) in [6, 6.07) is 32.7. The third-order valence-corrected chi connectivity index (χ3v) is 6.42. The maximum absolute atomic E-state index is 13.4. The highest BCUT2D eigenvalue weighted by molar-refractivity contribution is 6.09. The SMILES string of the molecule is C[C@H](NC(=O)/C(=C\c1ccc2c(c1)c1ccccc1n2C)NC(=O)c1ccccc1)c1ccccc1. The summed E-state index contributed by atoms with van der Waals surface area (Å²) >= 11 is 0. The molecule has 4 aromatic carbocycles. The molecular formula is C31H27N3O2. The molecule has 5 heteroatoms. The summed E-state index contributed by atoms with van der Waals surface area (Å²) in [5.41, 5.74) is 4.72. The minimum Gasteiger partial charge on any atom is -0.344 e. The van der Waals surface area contributed by atoms with E-state index >= 15 is 0 Å². The molecule has 5 rings (SSSR count). The van der Waals surface area contributed by atoms with E-state index in [1.54, 1.807) is 30.3 Å². The fourth-order valence-corrected chi connectivity index (χ4v) is 4.48. The number of benzene rings is 4. The van der Waals surface area contributed by atoms with Crippen molar-refractivity contribution >= 4 is 39.7 Å². The molecule has 0 unspecified atom stereocenters. The monoisotopic (exact) mass is 473 g/mol. The Kier molecular flexibility index (Phi) is 6.37. The highest BCUT2D eigenvalue weighted by Crippen LogP contribution is 2.29. The first-order valence-corrected chi connectivity index (χ1v) is 11.9. The molecule has 0 saturated heterocycles. The highest BCUT2D eigenvalue weighted by atomic mass is 16.2. The molecule has 1 atom stereocenters. The number of hydrogen-bond acceptors (Lipinski definition) is 2. The summed E-state index contributed by atoms with van der Waals surface area (Å²) in [5.74, 6) is -0.691. The zero-order valence-electron chi connectivity index (χ0n) is 20.2. The Labute approximate surface area is 210 Å². The van der Waals surface area contributed by atoms with E-state index in [4.69, 9.17) is 0 Å². The van der Waals surface area contributed by atoms with Crippen molar-refractivity contribution in [1.29, 1.82) is 0 Å². The van der Waals surface area contributed by atoms with Gasteiger partial charge in [-0.15, -0.1) is 0 Å². The second-order valence-corrected chi connectivity index (χ2v) is 8.84. The molecule has 2 N–H and O–H groups in total. The molecule has 1 aromatic heterocycles. The summed E-state index contributed by atoms with van der Waals surface area (Å²) < 4.78 is 2.16. The summed E-state index contributed by atoms with van der Waals surface area (Å²) in [6.07, 6.45) is 1.73. The lowest BCUT2D eigenvalue weighted by molar-refractivity contribution is -0.118. The molecule has 1 heterocycles. The number of amides is 2. The second kappa shape index (κ2) is 9.92. The number of carbonyl (C=O) groups is 2. The standard InChI is InChI=1S/C31H27N3O2/c1-21(23-11-5-3-6-12-23)32-31(36)27(33-30(35)24-13-7-4-8-14-24)20-22-17-18-29-26(19-22)25-15-9-10-16-28(25)34(29)2/h3-21H,1-2H3,(H,32,36)(H,33,35)/b27-20+/t21-/m0/s1. The average Bonchev–Trinajstić information content (AvgIpc) is 3.20. The van der Waals surface area contributed by atoms with Crippen LogP contribution in [0.25, 0.3) is 27.9 Å². The van der Waals surface area contributed by atoms with Crippen LogP contribution in [0.15, 0.2) is 109 Å². The Hall–Kier alpha value is -4.64. The molecule has 5 nitrogen and oxygen atoms in total. The van der Waals surface area contributed by atoms with E-state index in [0.29, 0.717) is 5.56 Å². The predicted octanol–water partition coefficient (Wildman–Crippen LogP) is 5.98. The van der Waals surface area contributed by atoms with E-state index in [9.17, 15) is 9.59 Å². The van der Waals surface area contributed by atoms with Gasteiger partial charge in [0.25, 0.3) is 11.8 Å². The number of hydrogen-bond donors (Lipinski definition) is 2. The second-order valence-electron chi connectivity index (χ2n) is 8.84. The maximum Gasteiger partial charge on any atom is 0.268 e. The lowest BCUT2D eigenvalue weighted by atomic mass is 10.1. The van der Waals surface area contributed by atoms with Crippen LogP contribution in [-0.2, 0) is 11.8 Å². The molecule has 5 aromatic rings. The molecular weight excluding hydrogens is 446 g/mol. The van der Waals surface area contributed by atoms with Gasteiger partial charge in [0.05, 0.1) is 6.04 Å². The fourth-order valence-electron chi connectivity index (χ4n) is 4.48. The van der Waals surface area contributed by atoms with Crippen molar-refractivity contribution in [3.8, 4) is 0 Å². The Bertz CT molecular complexity index is 1580. The zero-order chi connectivity index (χ0) is 25.1. The van der Waals surface area contributed by atoms with Crippen molar-refractivity contribution in [1.82, 2.24) is 15.2 Å². The lowest BCUT2D eigenvalue weighted by Crippen LogP contribution is -2.36. The fraction of sp³-hybridized carbons (Fsp3) is 0.0968. The lowest BCUT2D eigenvalue weighted by Gasteiger charge is -2.17. The molecule has 0 saturated carbocycles. The molecule has 178 valence electrons. The highest BCUT2D eigenvalue weighted by Gasteiger charge is 2.18. The quantitative estimate of drug-likeness (QED) is 0.298. The van der Waals surface area contributed by atoms with Gasteiger partial charge in [0.1, 0.15) is 5.70 Å². The first-order valence-electron chi connectivity index (χ1n) is 11.9. The summed E-state index contributed by atoms with van der Waals surface area (Å²) in [4.78, 5) is 26.3. The minimum atomic E-state index is -0.353. The van der Waals surface area contributed by atoms with Gasteiger partial charge >= 0.3 is 0 Å². The van der Waals surface area contributed by atoms with Crippen LogP contribution in [-0.4, -0.2) is 16.4 Å². The number of aryl methyl sites for hydroxylation is 1. The van der Waals surface area contributed by atoms with Gasteiger partial charge in [-0.1, -0.05) is 72.8 Å². The van der Waals surface area contributed by atoms with E-state index in [1.807, 2.05) is 74.6 Å². The van der Waals surface area contributed by atoms with Gasteiger partial charge in [-0.25, -0.2) is 0 Å². The van der Waals surface area contributed by atoms with Gasteiger partial charge < -0.3 is 15.2 Å². The van der Waals surface area contributed by atoms with Gasteiger partial charge in [-0.3, -0.25) is 9.59 Å². The van der Waals surface area contributed by atoms with E-state index in [2.05, 4.69) is 33.4 Å². The number of para-hydroxylation sites is 1. The predicted molar refractivity (Wildman–Crippen MR) is 145 cm³/mol. The number of rotatable bonds is 6. The Balaban J connectivity index is 1.52. The van der Waals surface area contributed by atoms with Gasteiger partial charge in [-0.2, -0.15) is 0 Å². The first-order chi connectivity index (χ1) is 17.5. The van der Waals surface area contributed by atoms with E-state index < -0.39 is 0 Å². The van der Waals surface area contributed by atoms with Crippen LogP contribution < -0.4 is 10.6 Å². The van der Waals surface area contributed by atoms with Crippen molar-refractivity contribution in [2.75, 3.05) is 0 Å². The van der Waals surface area contributed by atoms with Gasteiger partial charge in [-0.05, 0) is 54.5 Å². The van der Waals surface area contributed by atoms with E-state index in [-0.39, 0.29) is 23.6 Å². The van der Waals surface area contributed by atoms with Gasteiger partial charge in [0.15, 0.2) is 0 Å². The van der Waals surface area contributed by atoms with Crippen LogP contribution >= 0.6 is 0 Å². The van der Waals surface area contributed by atoms with Gasteiger partial charge in [0.2, 0.25) is 0 Å². The smallest absolute Gasteiger partial charge is 0.268 e. The summed E-state index contributed by atoms with van der Waals surface area (Å²) in [5, 5.41) is 8.08. The molecule has 2 amide bonds.